The van der Waals surface area contributed by atoms with Crippen molar-refractivity contribution in [2.75, 3.05) is 47.9 Å². The van der Waals surface area contributed by atoms with E-state index in [9.17, 15) is 10.1 Å². The van der Waals surface area contributed by atoms with Gasteiger partial charge in [-0.1, -0.05) is 19.3 Å². The highest BCUT2D eigenvalue weighted by atomic mass is 16.5. The number of ether oxygens (including phenoxy) is 1. The Bertz CT molecular complexity index is 470. The van der Waals surface area contributed by atoms with Crippen molar-refractivity contribution in [2.24, 2.45) is 0 Å². The summed E-state index contributed by atoms with van der Waals surface area (Å²) in [5.41, 5.74) is -0.596. The Morgan fingerprint density at radius 2 is 2.00 bits per heavy atom. The van der Waals surface area contributed by atoms with Crippen LogP contribution in [0.5, 0.6) is 0 Å². The molecule has 2 fully saturated rings. The Morgan fingerprint density at radius 1 is 1.33 bits per heavy atom. The second-order valence-electron chi connectivity index (χ2n) is 7.54. The second kappa shape index (κ2) is 8.28. The Hall–Kier alpha value is -1.16. The highest BCUT2D eigenvalue weighted by Crippen LogP contribution is 2.32. The van der Waals surface area contributed by atoms with E-state index >= 15 is 0 Å². The standard InChI is InChI=1S/C18H32N4O2/c1-20(11-15-10-16(24-4)12-21(15)2)13-17(23)22(3)18(14-19)8-6-5-7-9-18/h15-16H,5-13H2,1-4H3/t15-,16-/m0/s1. The highest BCUT2D eigenvalue weighted by Gasteiger charge is 2.39. The first-order chi connectivity index (χ1) is 11.4. The van der Waals surface area contributed by atoms with Crippen molar-refractivity contribution < 1.29 is 9.53 Å². The molecule has 0 radical (unpaired) electrons. The summed E-state index contributed by atoms with van der Waals surface area (Å²) in [7, 11) is 7.65. The number of carbonyl (C=O) groups excluding carboxylic acids is 1. The molecule has 0 unspecified atom stereocenters. The van der Waals surface area contributed by atoms with Gasteiger partial charge in [-0.25, -0.2) is 0 Å². The molecule has 2 rings (SSSR count). The molecule has 2 aliphatic rings. The van der Waals surface area contributed by atoms with Gasteiger partial charge in [-0.05, 0) is 33.4 Å². The molecule has 0 aromatic rings. The first kappa shape index (κ1) is 19.2. The van der Waals surface area contributed by atoms with Crippen LogP contribution in [0.2, 0.25) is 0 Å². The van der Waals surface area contributed by atoms with Gasteiger partial charge in [-0.2, -0.15) is 5.26 Å². The van der Waals surface area contributed by atoms with E-state index in [0.29, 0.717) is 12.6 Å². The van der Waals surface area contributed by atoms with E-state index in [1.54, 1.807) is 19.1 Å². The lowest BCUT2D eigenvalue weighted by Crippen LogP contribution is -2.52. The number of amides is 1. The van der Waals surface area contributed by atoms with Crippen molar-refractivity contribution in [1.82, 2.24) is 14.7 Å². The summed E-state index contributed by atoms with van der Waals surface area (Å²) in [4.78, 5) is 18.8. The molecule has 1 saturated heterocycles. The van der Waals surface area contributed by atoms with Crippen LogP contribution < -0.4 is 0 Å². The molecule has 136 valence electrons. The smallest absolute Gasteiger partial charge is 0.237 e. The minimum atomic E-state index is -0.596. The predicted molar refractivity (Wildman–Crippen MR) is 93.5 cm³/mol. The molecule has 1 saturated carbocycles. The lowest BCUT2D eigenvalue weighted by Gasteiger charge is -2.39. The van der Waals surface area contributed by atoms with Crippen molar-refractivity contribution in [3.8, 4) is 6.07 Å². The van der Waals surface area contributed by atoms with Gasteiger partial charge in [0.2, 0.25) is 5.91 Å². The third-order valence-corrected chi connectivity index (χ3v) is 5.82. The summed E-state index contributed by atoms with van der Waals surface area (Å²) in [6.45, 7) is 2.15. The maximum atomic E-state index is 12.7. The van der Waals surface area contributed by atoms with Crippen LogP contribution in [0, 0.1) is 11.3 Å². The Kier molecular flexibility index (Phi) is 6.62. The number of likely N-dealkylation sites (tertiary alicyclic amines) is 1. The van der Waals surface area contributed by atoms with E-state index in [4.69, 9.17) is 4.74 Å². The molecule has 6 nitrogen and oxygen atoms in total. The van der Waals surface area contributed by atoms with Crippen LogP contribution in [0.15, 0.2) is 0 Å². The normalized spacial score (nSPS) is 27.2. The fraction of sp³-hybridized carbons (Fsp3) is 0.889. The van der Waals surface area contributed by atoms with Crippen LogP contribution in [-0.4, -0.2) is 86.2 Å². The topological polar surface area (TPSA) is 59.8 Å². The highest BCUT2D eigenvalue weighted by molar-refractivity contribution is 5.79. The number of nitrogens with zero attached hydrogens (tertiary/aromatic N) is 4. The average Bonchev–Trinajstić information content (AvgIpc) is 2.94. The minimum absolute atomic E-state index is 0.0462. The number of hydrogen-bond acceptors (Lipinski definition) is 5. The third-order valence-electron chi connectivity index (χ3n) is 5.82. The average molecular weight is 336 g/mol. The Balaban J connectivity index is 1.88. The minimum Gasteiger partial charge on any atom is -0.380 e. The zero-order chi connectivity index (χ0) is 17.7. The van der Waals surface area contributed by atoms with Crippen molar-refractivity contribution in [1.29, 1.82) is 5.26 Å². The molecule has 1 aliphatic heterocycles. The summed E-state index contributed by atoms with van der Waals surface area (Å²) in [5, 5.41) is 9.64. The molecule has 24 heavy (non-hydrogen) atoms. The third kappa shape index (κ3) is 4.27. The summed E-state index contributed by atoms with van der Waals surface area (Å²) >= 11 is 0. The summed E-state index contributed by atoms with van der Waals surface area (Å²) in [6, 6.07) is 2.84. The van der Waals surface area contributed by atoms with Crippen LogP contribution >= 0.6 is 0 Å². The number of rotatable bonds is 6. The molecular formula is C18H32N4O2. The van der Waals surface area contributed by atoms with Gasteiger partial charge in [0.05, 0.1) is 18.7 Å². The number of methoxy groups -OCH3 is 1. The van der Waals surface area contributed by atoms with Gasteiger partial charge in [0.1, 0.15) is 5.54 Å². The van der Waals surface area contributed by atoms with Gasteiger partial charge >= 0.3 is 0 Å². The lowest BCUT2D eigenvalue weighted by molar-refractivity contribution is -0.135. The summed E-state index contributed by atoms with van der Waals surface area (Å²) in [6.07, 6.45) is 6.13. The molecule has 0 aromatic heterocycles. The molecule has 0 N–H and O–H groups in total. The van der Waals surface area contributed by atoms with Crippen LogP contribution in [0.25, 0.3) is 0 Å². The van der Waals surface area contributed by atoms with Crippen molar-refractivity contribution in [3.63, 3.8) is 0 Å². The van der Waals surface area contributed by atoms with Crippen molar-refractivity contribution in [2.45, 2.75) is 56.2 Å². The van der Waals surface area contributed by atoms with Crippen molar-refractivity contribution in [3.05, 3.63) is 0 Å². The van der Waals surface area contributed by atoms with E-state index in [-0.39, 0.29) is 12.0 Å². The largest absolute Gasteiger partial charge is 0.380 e. The number of carbonyl (C=O) groups is 1. The van der Waals surface area contributed by atoms with Gasteiger partial charge in [0.15, 0.2) is 0 Å². The second-order valence-corrected chi connectivity index (χ2v) is 7.54. The van der Waals surface area contributed by atoms with Crippen LogP contribution in [0.3, 0.4) is 0 Å². The maximum absolute atomic E-state index is 12.7. The van der Waals surface area contributed by atoms with Gasteiger partial charge in [-0.15, -0.1) is 0 Å². The van der Waals surface area contributed by atoms with E-state index in [1.807, 2.05) is 7.05 Å². The first-order valence-corrected chi connectivity index (χ1v) is 9.01. The predicted octanol–water partition coefficient (Wildman–Crippen LogP) is 1.32. The molecular weight excluding hydrogens is 304 g/mol. The molecule has 0 spiro atoms. The molecule has 1 heterocycles. The van der Waals surface area contributed by atoms with E-state index in [0.717, 1.165) is 45.2 Å². The quantitative estimate of drug-likeness (QED) is 0.732. The zero-order valence-corrected chi connectivity index (χ0v) is 15.6. The van der Waals surface area contributed by atoms with E-state index in [1.165, 1.54) is 6.42 Å². The summed E-state index contributed by atoms with van der Waals surface area (Å²) < 4.78 is 5.45. The molecule has 1 aliphatic carbocycles. The van der Waals surface area contributed by atoms with Crippen LogP contribution in [0.1, 0.15) is 38.5 Å². The van der Waals surface area contributed by atoms with Crippen LogP contribution in [0.4, 0.5) is 0 Å². The number of likely N-dealkylation sites (N-methyl/N-ethyl adjacent to an activating group) is 3. The number of hydrogen-bond donors (Lipinski definition) is 0. The fourth-order valence-electron chi connectivity index (χ4n) is 4.07. The molecule has 0 bridgehead atoms. The Morgan fingerprint density at radius 3 is 2.54 bits per heavy atom. The first-order valence-electron chi connectivity index (χ1n) is 9.01. The van der Waals surface area contributed by atoms with Crippen LogP contribution in [-0.2, 0) is 9.53 Å². The van der Waals surface area contributed by atoms with Gasteiger partial charge < -0.3 is 9.64 Å². The monoisotopic (exact) mass is 336 g/mol. The van der Waals surface area contributed by atoms with Crippen molar-refractivity contribution >= 4 is 5.91 Å². The van der Waals surface area contributed by atoms with Gasteiger partial charge in [-0.3, -0.25) is 14.6 Å². The van der Waals surface area contributed by atoms with Gasteiger partial charge in [0.25, 0.3) is 0 Å². The van der Waals surface area contributed by atoms with E-state index in [2.05, 4.69) is 22.9 Å². The lowest BCUT2D eigenvalue weighted by atomic mass is 9.81. The molecule has 2 atom stereocenters. The zero-order valence-electron chi connectivity index (χ0n) is 15.6. The Labute approximate surface area is 146 Å². The van der Waals surface area contributed by atoms with Gasteiger partial charge in [0, 0.05) is 33.3 Å². The molecule has 1 amide bonds. The molecule has 0 aromatic carbocycles. The molecule has 6 heteroatoms. The van der Waals surface area contributed by atoms with E-state index < -0.39 is 5.54 Å². The number of nitriles is 1. The fourth-order valence-corrected chi connectivity index (χ4v) is 4.07. The maximum Gasteiger partial charge on any atom is 0.237 e. The SMILES string of the molecule is CO[C@H]1C[C@@H](CN(C)CC(=O)N(C)C2(C#N)CCCCC2)N(C)C1. The summed E-state index contributed by atoms with van der Waals surface area (Å²) in [5.74, 6) is 0.0462.